The van der Waals surface area contributed by atoms with Crippen molar-refractivity contribution >= 4 is 6.08 Å². The minimum atomic E-state index is 0.325. The molecular weight excluding hydrogens is 240 g/mol. The van der Waals surface area contributed by atoms with E-state index in [1.54, 1.807) is 5.57 Å². The Hall–Kier alpha value is -1.04. The van der Waals surface area contributed by atoms with E-state index >= 15 is 0 Å². The summed E-state index contributed by atoms with van der Waals surface area (Å²) in [6.45, 7) is 14.0. The van der Waals surface area contributed by atoms with Crippen molar-refractivity contribution < 1.29 is 0 Å². The molecule has 0 radical (unpaired) electrons. The Morgan fingerprint density at radius 1 is 0.950 bits per heavy atom. The van der Waals surface area contributed by atoms with Gasteiger partial charge in [0.25, 0.3) is 0 Å². The maximum absolute atomic E-state index is 2.45. The van der Waals surface area contributed by atoms with Crippen LogP contribution in [0.25, 0.3) is 6.08 Å². The van der Waals surface area contributed by atoms with Crippen molar-refractivity contribution in [1.29, 1.82) is 0 Å². The van der Waals surface area contributed by atoms with E-state index in [1.807, 2.05) is 0 Å². The number of allylic oxidation sites excluding steroid dienone is 1. The van der Waals surface area contributed by atoms with Crippen LogP contribution in [-0.4, -0.2) is 0 Å². The van der Waals surface area contributed by atoms with Crippen LogP contribution in [0.4, 0.5) is 0 Å². The molecule has 0 heterocycles. The minimum Gasteiger partial charge on any atom is -0.0646 e. The SMILES string of the molecule is CCC(C)(C)C1=Cc2cc(C(C)(CC)CC)ccc2C1. The van der Waals surface area contributed by atoms with Crippen LogP contribution in [0.3, 0.4) is 0 Å². The lowest BCUT2D eigenvalue weighted by atomic mass is 9.77. The molecule has 0 N–H and O–H groups in total. The van der Waals surface area contributed by atoms with Crippen LogP contribution < -0.4 is 0 Å². The lowest BCUT2D eigenvalue weighted by Crippen LogP contribution is -2.19. The van der Waals surface area contributed by atoms with Crippen molar-refractivity contribution in [1.82, 2.24) is 0 Å². The number of rotatable bonds is 5. The molecule has 0 fully saturated rings. The zero-order valence-corrected chi connectivity index (χ0v) is 14.1. The van der Waals surface area contributed by atoms with Gasteiger partial charge in [0.15, 0.2) is 0 Å². The average Bonchev–Trinajstić information content (AvgIpc) is 2.90. The van der Waals surface area contributed by atoms with Gasteiger partial charge in [-0.15, -0.1) is 0 Å². The summed E-state index contributed by atoms with van der Waals surface area (Å²) in [5.74, 6) is 0. The minimum absolute atomic E-state index is 0.325. The van der Waals surface area contributed by atoms with Crippen molar-refractivity contribution in [3.05, 3.63) is 40.5 Å². The van der Waals surface area contributed by atoms with E-state index < -0.39 is 0 Å². The molecule has 0 bridgehead atoms. The van der Waals surface area contributed by atoms with Crippen molar-refractivity contribution in [3.63, 3.8) is 0 Å². The maximum Gasteiger partial charge on any atom is -0.00525 e. The first kappa shape index (κ1) is 15.4. The molecule has 1 aromatic rings. The van der Waals surface area contributed by atoms with Gasteiger partial charge in [0, 0.05) is 0 Å². The molecule has 1 aliphatic rings. The third kappa shape index (κ3) is 2.57. The van der Waals surface area contributed by atoms with Crippen molar-refractivity contribution in [3.8, 4) is 0 Å². The van der Waals surface area contributed by atoms with Crippen LogP contribution in [0.1, 0.15) is 77.5 Å². The Morgan fingerprint density at radius 2 is 1.60 bits per heavy atom. The van der Waals surface area contributed by atoms with E-state index in [1.165, 1.54) is 36.0 Å². The molecule has 0 atom stereocenters. The molecule has 1 aliphatic carbocycles. The molecule has 0 nitrogen and oxygen atoms in total. The van der Waals surface area contributed by atoms with Crippen molar-refractivity contribution in [2.45, 2.75) is 72.6 Å². The molecule has 0 unspecified atom stereocenters. The smallest absolute Gasteiger partial charge is 0.00525 e. The Morgan fingerprint density at radius 3 is 2.15 bits per heavy atom. The average molecular weight is 270 g/mol. The quantitative estimate of drug-likeness (QED) is 0.603. The van der Waals surface area contributed by atoms with Gasteiger partial charge in [0.2, 0.25) is 0 Å². The van der Waals surface area contributed by atoms with Crippen LogP contribution in [0.2, 0.25) is 0 Å². The fourth-order valence-electron chi connectivity index (χ4n) is 3.03. The number of benzene rings is 1. The summed E-state index contributed by atoms with van der Waals surface area (Å²) in [5.41, 5.74) is 6.74. The molecule has 1 aromatic carbocycles. The number of hydrogen-bond acceptors (Lipinski definition) is 0. The fraction of sp³-hybridized carbons (Fsp3) is 0.600. The summed E-state index contributed by atoms with van der Waals surface area (Å²) < 4.78 is 0. The fourth-order valence-corrected chi connectivity index (χ4v) is 3.03. The summed E-state index contributed by atoms with van der Waals surface area (Å²) in [5, 5.41) is 0. The molecule has 0 aromatic heterocycles. The second-order valence-corrected chi connectivity index (χ2v) is 7.27. The summed E-state index contributed by atoms with van der Waals surface area (Å²) in [6.07, 6.45) is 7.22. The van der Waals surface area contributed by atoms with E-state index in [0.717, 1.165) is 6.42 Å². The van der Waals surface area contributed by atoms with Crippen LogP contribution in [0, 0.1) is 5.41 Å². The summed E-state index contributed by atoms with van der Waals surface area (Å²) in [6, 6.07) is 7.17. The molecule has 0 spiro atoms. The standard InChI is InChI=1S/C20H30/c1-7-19(4,5)18-12-15-10-11-17(13-16(15)14-18)20(6,8-2)9-3/h10-11,13-14H,7-9,12H2,1-6H3. The van der Waals surface area contributed by atoms with Gasteiger partial charge < -0.3 is 0 Å². The highest BCUT2D eigenvalue weighted by Gasteiger charge is 2.28. The third-order valence-corrected chi connectivity index (χ3v) is 5.87. The first-order valence-corrected chi connectivity index (χ1v) is 8.20. The second kappa shape index (κ2) is 5.39. The normalized spacial score (nSPS) is 15.2. The lowest BCUT2D eigenvalue weighted by molar-refractivity contribution is 0.425. The number of hydrogen-bond donors (Lipinski definition) is 0. The van der Waals surface area contributed by atoms with Crippen molar-refractivity contribution in [2.75, 3.05) is 0 Å². The molecule has 20 heavy (non-hydrogen) atoms. The van der Waals surface area contributed by atoms with E-state index in [2.05, 4.69) is 65.8 Å². The van der Waals surface area contributed by atoms with Crippen LogP contribution in [0.5, 0.6) is 0 Å². The van der Waals surface area contributed by atoms with Crippen LogP contribution >= 0.6 is 0 Å². The van der Waals surface area contributed by atoms with Crippen molar-refractivity contribution in [2.24, 2.45) is 5.41 Å². The van der Waals surface area contributed by atoms with Gasteiger partial charge in [0.1, 0.15) is 0 Å². The molecular formula is C20H30. The highest BCUT2D eigenvalue weighted by atomic mass is 14.3. The largest absolute Gasteiger partial charge is 0.0646 e. The Balaban J connectivity index is 2.38. The Bertz CT molecular complexity index is 513. The first-order chi connectivity index (χ1) is 9.36. The third-order valence-electron chi connectivity index (χ3n) is 5.87. The highest BCUT2D eigenvalue weighted by Crippen LogP contribution is 2.40. The topological polar surface area (TPSA) is 0 Å². The van der Waals surface area contributed by atoms with Crippen LogP contribution in [-0.2, 0) is 11.8 Å². The molecule has 0 saturated carbocycles. The molecule has 110 valence electrons. The molecule has 0 heteroatoms. The monoisotopic (exact) mass is 270 g/mol. The van der Waals surface area contributed by atoms with Gasteiger partial charge in [-0.25, -0.2) is 0 Å². The summed E-state index contributed by atoms with van der Waals surface area (Å²) in [4.78, 5) is 0. The summed E-state index contributed by atoms with van der Waals surface area (Å²) in [7, 11) is 0. The molecule has 2 rings (SSSR count). The highest BCUT2D eigenvalue weighted by molar-refractivity contribution is 5.66. The molecule has 0 aliphatic heterocycles. The van der Waals surface area contributed by atoms with Gasteiger partial charge in [-0.05, 0) is 53.2 Å². The van der Waals surface area contributed by atoms with E-state index in [9.17, 15) is 0 Å². The maximum atomic E-state index is 2.45. The zero-order valence-electron chi connectivity index (χ0n) is 14.1. The zero-order chi connectivity index (χ0) is 15.0. The first-order valence-electron chi connectivity index (χ1n) is 8.20. The van der Waals surface area contributed by atoms with Gasteiger partial charge >= 0.3 is 0 Å². The summed E-state index contributed by atoms with van der Waals surface area (Å²) >= 11 is 0. The molecule has 0 amide bonds. The predicted molar refractivity (Wildman–Crippen MR) is 90.1 cm³/mol. The second-order valence-electron chi connectivity index (χ2n) is 7.27. The molecule has 0 saturated heterocycles. The van der Waals surface area contributed by atoms with Gasteiger partial charge in [-0.3, -0.25) is 0 Å². The Kier molecular flexibility index (Phi) is 4.14. The van der Waals surface area contributed by atoms with E-state index in [0.29, 0.717) is 10.8 Å². The van der Waals surface area contributed by atoms with Crippen LogP contribution in [0.15, 0.2) is 23.8 Å². The Labute approximate surface area is 125 Å². The van der Waals surface area contributed by atoms with E-state index in [-0.39, 0.29) is 0 Å². The van der Waals surface area contributed by atoms with Gasteiger partial charge in [-0.2, -0.15) is 0 Å². The van der Waals surface area contributed by atoms with Gasteiger partial charge in [-0.1, -0.05) is 71.4 Å². The predicted octanol–water partition coefficient (Wildman–Crippen LogP) is 6.14. The lowest BCUT2D eigenvalue weighted by Gasteiger charge is -2.27. The van der Waals surface area contributed by atoms with E-state index in [4.69, 9.17) is 0 Å². The van der Waals surface area contributed by atoms with Gasteiger partial charge in [0.05, 0.1) is 0 Å². The number of fused-ring (bicyclic) bond motifs is 1.